The van der Waals surface area contributed by atoms with Crippen molar-refractivity contribution in [2.45, 2.75) is 25.3 Å². The van der Waals surface area contributed by atoms with Crippen molar-refractivity contribution in [2.24, 2.45) is 0 Å². The molecule has 1 aromatic carbocycles. The van der Waals surface area contributed by atoms with Gasteiger partial charge in [-0.25, -0.2) is 0 Å². The first kappa shape index (κ1) is 9.85. The molecule has 0 unspecified atom stereocenters. The Bertz CT molecular complexity index is 390. The molecule has 0 saturated carbocycles. The molecule has 0 aromatic heterocycles. The van der Waals surface area contributed by atoms with Crippen LogP contribution in [-0.2, 0) is 4.79 Å². The quantitative estimate of drug-likeness (QED) is 0.715. The number of benzene rings is 1. The van der Waals surface area contributed by atoms with Crippen LogP contribution in [0, 0.1) is 0 Å². The zero-order valence-electron chi connectivity index (χ0n) is 9.30. The standard InChI is InChI=1S/C13H16N2O/c16-13-12-8-4-5-9-14(12)10-15(13)11-6-2-1-3-7-11/h1-3,6-7,12H,4-5,8-10H2/t12-/m1/s1. The molecule has 16 heavy (non-hydrogen) atoms. The minimum atomic E-state index is 0.147. The predicted molar refractivity (Wildman–Crippen MR) is 63.1 cm³/mol. The van der Waals surface area contributed by atoms with E-state index in [9.17, 15) is 4.79 Å². The molecule has 84 valence electrons. The summed E-state index contributed by atoms with van der Waals surface area (Å²) in [7, 11) is 0. The molecule has 2 heterocycles. The molecule has 1 amide bonds. The Morgan fingerprint density at radius 1 is 1.12 bits per heavy atom. The largest absolute Gasteiger partial charge is 0.298 e. The zero-order valence-corrected chi connectivity index (χ0v) is 9.30. The second kappa shape index (κ2) is 3.91. The van der Waals surface area contributed by atoms with E-state index in [2.05, 4.69) is 4.90 Å². The van der Waals surface area contributed by atoms with Gasteiger partial charge < -0.3 is 0 Å². The fraction of sp³-hybridized carbons (Fsp3) is 0.462. The Morgan fingerprint density at radius 2 is 1.94 bits per heavy atom. The molecule has 0 N–H and O–H groups in total. The fourth-order valence-corrected chi connectivity index (χ4v) is 2.69. The van der Waals surface area contributed by atoms with Crippen LogP contribution < -0.4 is 4.90 Å². The van der Waals surface area contributed by atoms with Crippen molar-refractivity contribution in [3.63, 3.8) is 0 Å². The molecular weight excluding hydrogens is 200 g/mol. The highest BCUT2D eigenvalue weighted by Crippen LogP contribution is 2.28. The number of hydrogen-bond donors (Lipinski definition) is 0. The van der Waals surface area contributed by atoms with Crippen LogP contribution in [0.3, 0.4) is 0 Å². The minimum Gasteiger partial charge on any atom is -0.298 e. The number of amides is 1. The summed E-state index contributed by atoms with van der Waals surface area (Å²) in [5, 5.41) is 0. The van der Waals surface area contributed by atoms with Crippen LogP contribution in [0.15, 0.2) is 30.3 Å². The molecule has 3 heteroatoms. The van der Waals surface area contributed by atoms with E-state index in [1.807, 2.05) is 35.2 Å². The van der Waals surface area contributed by atoms with Gasteiger partial charge in [0.1, 0.15) is 0 Å². The lowest BCUT2D eigenvalue weighted by Gasteiger charge is -2.25. The van der Waals surface area contributed by atoms with Gasteiger partial charge in [-0.2, -0.15) is 0 Å². The van der Waals surface area contributed by atoms with Gasteiger partial charge in [-0.1, -0.05) is 24.6 Å². The lowest BCUT2D eigenvalue weighted by Crippen LogP contribution is -2.37. The molecule has 0 aliphatic carbocycles. The van der Waals surface area contributed by atoms with Crippen LogP contribution in [0.1, 0.15) is 19.3 Å². The van der Waals surface area contributed by atoms with E-state index in [-0.39, 0.29) is 11.9 Å². The van der Waals surface area contributed by atoms with Gasteiger partial charge in [0.05, 0.1) is 12.7 Å². The third-order valence-corrected chi connectivity index (χ3v) is 3.56. The molecule has 2 aliphatic rings. The Labute approximate surface area is 95.7 Å². The summed E-state index contributed by atoms with van der Waals surface area (Å²) in [6.07, 6.45) is 3.45. The van der Waals surface area contributed by atoms with E-state index in [4.69, 9.17) is 0 Å². The molecule has 1 aromatic rings. The highest BCUT2D eigenvalue weighted by Gasteiger charge is 2.39. The molecule has 0 spiro atoms. The van der Waals surface area contributed by atoms with Gasteiger partial charge >= 0.3 is 0 Å². The van der Waals surface area contributed by atoms with Gasteiger partial charge in [-0.3, -0.25) is 14.6 Å². The molecule has 2 fully saturated rings. The number of para-hydroxylation sites is 1. The van der Waals surface area contributed by atoms with Crippen molar-refractivity contribution in [1.82, 2.24) is 4.90 Å². The molecule has 0 bridgehead atoms. The zero-order chi connectivity index (χ0) is 11.0. The fourth-order valence-electron chi connectivity index (χ4n) is 2.69. The van der Waals surface area contributed by atoms with Crippen molar-refractivity contribution in [1.29, 1.82) is 0 Å². The SMILES string of the molecule is O=C1[C@H]2CCCCN2CN1c1ccccc1. The number of fused-ring (bicyclic) bond motifs is 1. The Balaban J connectivity index is 1.86. The van der Waals surface area contributed by atoms with E-state index >= 15 is 0 Å². The van der Waals surface area contributed by atoms with Crippen molar-refractivity contribution >= 4 is 11.6 Å². The molecule has 2 aliphatic heterocycles. The average molecular weight is 216 g/mol. The topological polar surface area (TPSA) is 23.6 Å². The van der Waals surface area contributed by atoms with Crippen LogP contribution in [-0.4, -0.2) is 30.1 Å². The molecule has 0 radical (unpaired) electrons. The van der Waals surface area contributed by atoms with Crippen LogP contribution in [0.2, 0.25) is 0 Å². The smallest absolute Gasteiger partial charge is 0.245 e. The number of rotatable bonds is 1. The second-order valence-corrected chi connectivity index (χ2v) is 4.57. The molecule has 2 saturated heterocycles. The number of anilines is 1. The maximum atomic E-state index is 12.2. The third kappa shape index (κ3) is 1.52. The van der Waals surface area contributed by atoms with Gasteiger partial charge in [0.2, 0.25) is 5.91 Å². The number of piperidine rings is 1. The van der Waals surface area contributed by atoms with Gasteiger partial charge in [0.25, 0.3) is 0 Å². The van der Waals surface area contributed by atoms with Gasteiger partial charge in [0.15, 0.2) is 0 Å². The van der Waals surface area contributed by atoms with Gasteiger partial charge in [0, 0.05) is 12.2 Å². The van der Waals surface area contributed by atoms with E-state index < -0.39 is 0 Å². The van der Waals surface area contributed by atoms with Crippen molar-refractivity contribution in [2.75, 3.05) is 18.1 Å². The first-order valence-electron chi connectivity index (χ1n) is 5.97. The lowest BCUT2D eigenvalue weighted by molar-refractivity contribution is -0.120. The lowest BCUT2D eigenvalue weighted by atomic mass is 10.0. The highest BCUT2D eigenvalue weighted by molar-refractivity contribution is 5.99. The van der Waals surface area contributed by atoms with E-state index in [0.717, 1.165) is 25.3 Å². The van der Waals surface area contributed by atoms with E-state index in [1.54, 1.807) is 0 Å². The predicted octanol–water partition coefficient (Wildman–Crippen LogP) is 1.85. The normalized spacial score (nSPS) is 25.9. The summed E-state index contributed by atoms with van der Waals surface area (Å²) >= 11 is 0. The maximum Gasteiger partial charge on any atom is 0.245 e. The minimum absolute atomic E-state index is 0.147. The molecule has 1 atom stereocenters. The van der Waals surface area contributed by atoms with E-state index in [0.29, 0.717) is 0 Å². The van der Waals surface area contributed by atoms with Crippen LogP contribution >= 0.6 is 0 Å². The first-order chi connectivity index (χ1) is 7.86. The molecule has 3 nitrogen and oxygen atoms in total. The number of carbonyl (C=O) groups excluding carboxylic acids is 1. The maximum absolute atomic E-state index is 12.2. The summed E-state index contributed by atoms with van der Waals surface area (Å²) in [5.41, 5.74) is 1.03. The first-order valence-corrected chi connectivity index (χ1v) is 5.97. The van der Waals surface area contributed by atoms with E-state index in [1.165, 1.54) is 12.8 Å². The summed E-state index contributed by atoms with van der Waals surface area (Å²) in [6, 6.07) is 10.1. The van der Waals surface area contributed by atoms with Crippen molar-refractivity contribution in [3.8, 4) is 0 Å². The van der Waals surface area contributed by atoms with Gasteiger partial charge in [-0.05, 0) is 25.0 Å². The third-order valence-electron chi connectivity index (χ3n) is 3.56. The molecular formula is C13H16N2O. The van der Waals surface area contributed by atoms with Crippen molar-refractivity contribution < 1.29 is 4.79 Å². The van der Waals surface area contributed by atoms with Crippen LogP contribution in [0.5, 0.6) is 0 Å². The monoisotopic (exact) mass is 216 g/mol. The summed E-state index contributed by atoms with van der Waals surface area (Å²) in [4.78, 5) is 16.4. The van der Waals surface area contributed by atoms with Gasteiger partial charge in [-0.15, -0.1) is 0 Å². The van der Waals surface area contributed by atoms with Crippen LogP contribution in [0.4, 0.5) is 5.69 Å². The Hall–Kier alpha value is -1.35. The summed E-state index contributed by atoms with van der Waals surface area (Å²) < 4.78 is 0. The molecule has 3 rings (SSSR count). The highest BCUT2D eigenvalue weighted by atomic mass is 16.2. The summed E-state index contributed by atoms with van der Waals surface area (Å²) in [6.45, 7) is 1.84. The van der Waals surface area contributed by atoms with Crippen LogP contribution in [0.25, 0.3) is 0 Å². The number of carbonyl (C=O) groups is 1. The number of nitrogens with zero attached hydrogens (tertiary/aromatic N) is 2. The van der Waals surface area contributed by atoms with Crippen molar-refractivity contribution in [3.05, 3.63) is 30.3 Å². The average Bonchev–Trinajstić information content (AvgIpc) is 2.69. The number of hydrogen-bond acceptors (Lipinski definition) is 2. The second-order valence-electron chi connectivity index (χ2n) is 4.57. The Morgan fingerprint density at radius 3 is 2.69 bits per heavy atom. The Kier molecular flexibility index (Phi) is 2.40. The summed E-state index contributed by atoms with van der Waals surface area (Å²) in [5.74, 6) is 0.283.